The topological polar surface area (TPSA) is 49.3 Å². The number of hydrogen-bond acceptors (Lipinski definition) is 2. The summed E-state index contributed by atoms with van der Waals surface area (Å²) in [5.41, 5.74) is 1.92. The van der Waals surface area contributed by atoms with Crippen molar-refractivity contribution in [1.29, 1.82) is 0 Å². The predicted molar refractivity (Wildman–Crippen MR) is 87.4 cm³/mol. The van der Waals surface area contributed by atoms with Crippen LogP contribution in [0.5, 0.6) is 0 Å². The van der Waals surface area contributed by atoms with Crippen LogP contribution in [0.1, 0.15) is 58.6 Å². The first-order chi connectivity index (χ1) is 9.58. The Morgan fingerprint density at radius 1 is 1.10 bits per heavy atom. The van der Waals surface area contributed by atoms with Crippen LogP contribution in [0.15, 0.2) is 24.3 Å². The highest BCUT2D eigenvalue weighted by Crippen LogP contribution is 2.22. The van der Waals surface area contributed by atoms with E-state index < -0.39 is 5.60 Å². The van der Waals surface area contributed by atoms with E-state index >= 15 is 0 Å². The maximum atomic E-state index is 11.6. The van der Waals surface area contributed by atoms with Gasteiger partial charge in [0.25, 0.3) is 0 Å². The number of hydrogen-bond donors (Lipinski definition) is 2. The van der Waals surface area contributed by atoms with Gasteiger partial charge in [-0.05, 0) is 43.2 Å². The summed E-state index contributed by atoms with van der Waals surface area (Å²) in [7, 11) is 0. The Bertz CT molecular complexity index is 450. The molecule has 0 saturated carbocycles. The largest absolute Gasteiger partial charge is 0.389 e. The van der Waals surface area contributed by atoms with E-state index in [2.05, 4.69) is 50.4 Å². The Morgan fingerprint density at radius 2 is 1.67 bits per heavy atom. The lowest BCUT2D eigenvalue weighted by Gasteiger charge is -2.19. The van der Waals surface area contributed by atoms with E-state index in [1.807, 2.05) is 0 Å². The number of aliphatic hydroxyl groups is 1. The first kappa shape index (κ1) is 17.7. The maximum Gasteiger partial charge on any atom is 0.220 e. The number of nitrogens with one attached hydrogen (secondary N) is 1. The lowest BCUT2D eigenvalue weighted by molar-refractivity contribution is -0.122. The third kappa shape index (κ3) is 7.28. The summed E-state index contributed by atoms with van der Waals surface area (Å²) in [6.45, 7) is 10.3. The van der Waals surface area contributed by atoms with Crippen LogP contribution in [0.2, 0.25) is 0 Å². The SMILES string of the molecule is CC(C)(O)CNC(=O)CCCc1ccc(C(C)(C)C)cc1. The van der Waals surface area contributed by atoms with Gasteiger partial charge < -0.3 is 10.4 Å². The van der Waals surface area contributed by atoms with Crippen LogP contribution in [-0.2, 0) is 16.6 Å². The highest BCUT2D eigenvalue weighted by Gasteiger charge is 2.14. The highest BCUT2D eigenvalue weighted by atomic mass is 16.3. The van der Waals surface area contributed by atoms with E-state index in [1.165, 1.54) is 11.1 Å². The Kier molecular flexibility index (Phi) is 5.97. The smallest absolute Gasteiger partial charge is 0.220 e. The van der Waals surface area contributed by atoms with Crippen LogP contribution in [0.4, 0.5) is 0 Å². The summed E-state index contributed by atoms with van der Waals surface area (Å²) in [5, 5.41) is 12.3. The summed E-state index contributed by atoms with van der Waals surface area (Å²) in [6, 6.07) is 8.64. The fourth-order valence-corrected chi connectivity index (χ4v) is 2.03. The molecule has 1 aromatic carbocycles. The molecule has 3 nitrogen and oxygen atoms in total. The molecule has 0 atom stereocenters. The molecule has 0 aromatic heterocycles. The van der Waals surface area contributed by atoms with Gasteiger partial charge in [-0.1, -0.05) is 45.0 Å². The van der Waals surface area contributed by atoms with Crippen molar-refractivity contribution in [3.8, 4) is 0 Å². The molecule has 0 spiro atoms. The van der Waals surface area contributed by atoms with Crippen LogP contribution in [-0.4, -0.2) is 23.2 Å². The minimum atomic E-state index is -0.849. The normalized spacial score (nSPS) is 12.3. The van der Waals surface area contributed by atoms with E-state index in [0.717, 1.165) is 12.8 Å². The third-order valence-corrected chi connectivity index (χ3v) is 3.41. The molecule has 0 saturated heterocycles. The molecule has 3 heteroatoms. The van der Waals surface area contributed by atoms with Crippen LogP contribution < -0.4 is 5.32 Å². The summed E-state index contributed by atoms with van der Waals surface area (Å²) in [6.07, 6.45) is 2.23. The standard InChI is InChI=1S/C18H29NO2/c1-17(2,3)15-11-9-14(10-12-15)7-6-8-16(20)19-13-18(4,5)21/h9-12,21H,6-8,13H2,1-5H3,(H,19,20). The van der Waals surface area contributed by atoms with Crippen LogP contribution in [0.25, 0.3) is 0 Å². The Hall–Kier alpha value is -1.35. The van der Waals surface area contributed by atoms with Gasteiger partial charge in [0, 0.05) is 13.0 Å². The second kappa shape index (κ2) is 7.08. The van der Waals surface area contributed by atoms with Gasteiger partial charge in [0.15, 0.2) is 0 Å². The quantitative estimate of drug-likeness (QED) is 0.845. The molecule has 0 radical (unpaired) electrons. The molecule has 21 heavy (non-hydrogen) atoms. The first-order valence-electron chi connectivity index (χ1n) is 7.66. The Morgan fingerprint density at radius 3 is 2.14 bits per heavy atom. The fourth-order valence-electron chi connectivity index (χ4n) is 2.03. The van der Waals surface area contributed by atoms with Gasteiger partial charge in [0.2, 0.25) is 5.91 Å². The third-order valence-electron chi connectivity index (χ3n) is 3.41. The van der Waals surface area contributed by atoms with Gasteiger partial charge in [-0.2, -0.15) is 0 Å². The number of rotatable bonds is 6. The summed E-state index contributed by atoms with van der Waals surface area (Å²) < 4.78 is 0. The number of benzene rings is 1. The van der Waals surface area contributed by atoms with Crippen molar-refractivity contribution in [3.05, 3.63) is 35.4 Å². The average Bonchev–Trinajstić information content (AvgIpc) is 2.35. The number of amides is 1. The van der Waals surface area contributed by atoms with Gasteiger partial charge in [-0.25, -0.2) is 0 Å². The van der Waals surface area contributed by atoms with E-state index in [4.69, 9.17) is 0 Å². The molecule has 0 aliphatic carbocycles. The molecule has 1 amide bonds. The van der Waals surface area contributed by atoms with Gasteiger partial charge in [-0.3, -0.25) is 4.79 Å². The number of carbonyl (C=O) groups excluding carboxylic acids is 1. The Balaban J connectivity index is 2.34. The lowest BCUT2D eigenvalue weighted by Crippen LogP contribution is -2.38. The number of aryl methyl sites for hydroxylation is 1. The molecular weight excluding hydrogens is 262 g/mol. The maximum absolute atomic E-state index is 11.6. The first-order valence-corrected chi connectivity index (χ1v) is 7.66. The molecule has 0 unspecified atom stereocenters. The van der Waals surface area contributed by atoms with Crippen molar-refractivity contribution in [2.45, 2.75) is 64.9 Å². The second-order valence-electron chi connectivity index (χ2n) is 7.39. The van der Waals surface area contributed by atoms with Crippen molar-refractivity contribution in [2.24, 2.45) is 0 Å². The molecule has 0 bridgehead atoms. The summed E-state index contributed by atoms with van der Waals surface area (Å²) in [4.78, 5) is 11.6. The lowest BCUT2D eigenvalue weighted by atomic mass is 9.86. The number of carbonyl (C=O) groups is 1. The van der Waals surface area contributed by atoms with Crippen LogP contribution >= 0.6 is 0 Å². The minimum Gasteiger partial charge on any atom is -0.389 e. The van der Waals surface area contributed by atoms with E-state index in [1.54, 1.807) is 13.8 Å². The predicted octanol–water partition coefficient (Wildman–Crippen LogP) is 3.19. The fraction of sp³-hybridized carbons (Fsp3) is 0.611. The van der Waals surface area contributed by atoms with Crippen LogP contribution in [0, 0.1) is 0 Å². The average molecular weight is 291 g/mol. The van der Waals surface area contributed by atoms with Crippen molar-refractivity contribution < 1.29 is 9.90 Å². The molecular formula is C18H29NO2. The minimum absolute atomic E-state index is 0.00318. The van der Waals surface area contributed by atoms with Gasteiger partial charge in [0.1, 0.15) is 0 Å². The van der Waals surface area contributed by atoms with Crippen molar-refractivity contribution in [2.75, 3.05) is 6.54 Å². The van der Waals surface area contributed by atoms with Gasteiger partial charge in [0.05, 0.1) is 5.60 Å². The van der Waals surface area contributed by atoms with Crippen molar-refractivity contribution >= 4 is 5.91 Å². The summed E-state index contributed by atoms with van der Waals surface area (Å²) in [5.74, 6) is 0.00318. The zero-order valence-electron chi connectivity index (χ0n) is 14.0. The molecule has 0 aliphatic heterocycles. The molecule has 118 valence electrons. The zero-order valence-corrected chi connectivity index (χ0v) is 14.0. The second-order valence-corrected chi connectivity index (χ2v) is 7.39. The van der Waals surface area contributed by atoms with E-state index in [9.17, 15) is 9.90 Å². The molecule has 2 N–H and O–H groups in total. The molecule has 1 aromatic rings. The molecule has 1 rings (SSSR count). The molecule has 0 fully saturated rings. The molecule has 0 heterocycles. The van der Waals surface area contributed by atoms with Gasteiger partial charge in [-0.15, -0.1) is 0 Å². The zero-order chi connectivity index (χ0) is 16.1. The van der Waals surface area contributed by atoms with Crippen molar-refractivity contribution in [1.82, 2.24) is 5.32 Å². The van der Waals surface area contributed by atoms with E-state index in [0.29, 0.717) is 13.0 Å². The van der Waals surface area contributed by atoms with E-state index in [-0.39, 0.29) is 11.3 Å². The monoisotopic (exact) mass is 291 g/mol. The molecule has 0 aliphatic rings. The summed E-state index contributed by atoms with van der Waals surface area (Å²) >= 11 is 0. The highest BCUT2D eigenvalue weighted by molar-refractivity contribution is 5.75. The Labute approximate surface area is 128 Å². The van der Waals surface area contributed by atoms with Crippen LogP contribution in [0.3, 0.4) is 0 Å². The van der Waals surface area contributed by atoms with Crippen molar-refractivity contribution in [3.63, 3.8) is 0 Å². The van der Waals surface area contributed by atoms with Gasteiger partial charge >= 0.3 is 0 Å².